The highest BCUT2D eigenvalue weighted by molar-refractivity contribution is 5.78. The molecule has 0 heterocycles. The number of amides is 1. The molecule has 2 N–H and O–H groups in total. The minimum Gasteiger partial charge on any atom is -0.484 e. The molecule has 8 heteroatoms. The molecule has 1 rings (SSSR count). The Bertz CT molecular complexity index is 514. The predicted molar refractivity (Wildman–Crippen MR) is 73.1 cm³/mol. The lowest BCUT2D eigenvalue weighted by atomic mass is 10.1. The Balaban J connectivity index is 2.45. The summed E-state index contributed by atoms with van der Waals surface area (Å²) < 4.78 is 5.17. The summed E-state index contributed by atoms with van der Waals surface area (Å²) in [6.45, 7) is 1.49. The number of non-ortho nitro benzene ring substituents is 1. The number of rotatable bonds is 8. The smallest absolute Gasteiger partial charge is 0.305 e. The highest BCUT2D eigenvalue weighted by Crippen LogP contribution is 2.17. The van der Waals surface area contributed by atoms with Crippen molar-refractivity contribution in [1.29, 1.82) is 0 Å². The van der Waals surface area contributed by atoms with Crippen molar-refractivity contribution in [3.63, 3.8) is 0 Å². The second-order valence-corrected chi connectivity index (χ2v) is 4.31. The van der Waals surface area contributed by atoms with Crippen LogP contribution in [-0.4, -0.2) is 34.6 Å². The fraction of sp³-hybridized carbons (Fsp3) is 0.385. The van der Waals surface area contributed by atoms with Gasteiger partial charge in [0.1, 0.15) is 5.75 Å². The summed E-state index contributed by atoms with van der Waals surface area (Å²) in [6, 6.07) is 4.87. The van der Waals surface area contributed by atoms with Crippen LogP contribution >= 0.6 is 0 Å². The van der Waals surface area contributed by atoms with Gasteiger partial charge in [-0.3, -0.25) is 19.7 Å². The minimum atomic E-state index is -0.988. The molecule has 0 aliphatic carbocycles. The molecule has 0 aromatic heterocycles. The Morgan fingerprint density at radius 3 is 2.48 bits per heavy atom. The van der Waals surface area contributed by atoms with Gasteiger partial charge in [0.05, 0.1) is 11.3 Å². The Morgan fingerprint density at radius 1 is 1.38 bits per heavy atom. The van der Waals surface area contributed by atoms with E-state index in [1.54, 1.807) is 6.92 Å². The summed E-state index contributed by atoms with van der Waals surface area (Å²) in [4.78, 5) is 32.1. The molecule has 8 nitrogen and oxygen atoms in total. The van der Waals surface area contributed by atoms with Crippen LogP contribution < -0.4 is 10.1 Å². The van der Waals surface area contributed by atoms with Crippen molar-refractivity contribution < 1.29 is 24.4 Å². The number of nitrogens with zero attached hydrogens (tertiary/aromatic N) is 1. The normalized spacial score (nSPS) is 11.5. The first-order valence-electron chi connectivity index (χ1n) is 6.30. The fourth-order valence-corrected chi connectivity index (χ4v) is 1.59. The SMILES string of the molecule is CCC(CC(=O)O)NC(=O)COc1ccc([N+](=O)[O-])cc1. The monoisotopic (exact) mass is 296 g/mol. The summed E-state index contributed by atoms with van der Waals surface area (Å²) in [5.74, 6) is -1.11. The standard InChI is InChI=1S/C13H16N2O6/c1-2-9(7-13(17)18)14-12(16)8-21-11-5-3-10(4-6-11)15(19)20/h3-6,9H,2,7-8H2,1H3,(H,14,16)(H,17,18). The van der Waals surface area contributed by atoms with Crippen molar-refractivity contribution >= 4 is 17.6 Å². The minimum absolute atomic E-state index is 0.0701. The van der Waals surface area contributed by atoms with E-state index >= 15 is 0 Å². The predicted octanol–water partition coefficient (Wildman–Crippen LogP) is 1.34. The van der Waals surface area contributed by atoms with Crippen LogP contribution in [0.2, 0.25) is 0 Å². The van der Waals surface area contributed by atoms with E-state index in [9.17, 15) is 19.7 Å². The maximum atomic E-state index is 11.6. The van der Waals surface area contributed by atoms with Gasteiger partial charge < -0.3 is 15.2 Å². The van der Waals surface area contributed by atoms with Crippen LogP contribution in [0.1, 0.15) is 19.8 Å². The molecule has 0 saturated heterocycles. The number of carbonyl (C=O) groups is 2. The van der Waals surface area contributed by atoms with Gasteiger partial charge in [0, 0.05) is 18.2 Å². The van der Waals surface area contributed by atoms with Crippen molar-refractivity contribution in [2.24, 2.45) is 0 Å². The van der Waals surface area contributed by atoms with E-state index in [0.29, 0.717) is 12.2 Å². The zero-order valence-corrected chi connectivity index (χ0v) is 11.4. The molecule has 0 aliphatic heterocycles. The topological polar surface area (TPSA) is 119 Å². The number of ether oxygens (including phenoxy) is 1. The number of nitrogens with one attached hydrogen (secondary N) is 1. The van der Waals surface area contributed by atoms with Gasteiger partial charge in [-0.05, 0) is 18.6 Å². The maximum absolute atomic E-state index is 11.6. The molecule has 114 valence electrons. The van der Waals surface area contributed by atoms with E-state index in [1.807, 2.05) is 0 Å². The molecule has 0 fully saturated rings. The third-order valence-corrected chi connectivity index (χ3v) is 2.70. The van der Waals surface area contributed by atoms with Crippen molar-refractivity contribution in [2.45, 2.75) is 25.8 Å². The van der Waals surface area contributed by atoms with Gasteiger partial charge in [-0.25, -0.2) is 0 Å². The zero-order chi connectivity index (χ0) is 15.8. The second kappa shape index (κ2) is 7.83. The number of nitro benzene ring substituents is 1. The first-order valence-corrected chi connectivity index (χ1v) is 6.30. The first-order chi connectivity index (χ1) is 9.92. The average molecular weight is 296 g/mol. The van der Waals surface area contributed by atoms with Crippen LogP contribution in [0.3, 0.4) is 0 Å². The molecule has 0 bridgehead atoms. The van der Waals surface area contributed by atoms with Crippen LogP contribution in [0, 0.1) is 10.1 Å². The van der Waals surface area contributed by atoms with Gasteiger partial charge in [-0.1, -0.05) is 6.92 Å². The Morgan fingerprint density at radius 2 is 2.00 bits per heavy atom. The van der Waals surface area contributed by atoms with E-state index in [0.717, 1.165) is 0 Å². The van der Waals surface area contributed by atoms with E-state index in [1.165, 1.54) is 24.3 Å². The number of aliphatic carboxylic acids is 1. The lowest BCUT2D eigenvalue weighted by Crippen LogP contribution is -2.38. The van der Waals surface area contributed by atoms with Crippen LogP contribution in [0.25, 0.3) is 0 Å². The van der Waals surface area contributed by atoms with Gasteiger partial charge >= 0.3 is 5.97 Å². The van der Waals surface area contributed by atoms with Gasteiger partial charge in [0.25, 0.3) is 11.6 Å². The second-order valence-electron chi connectivity index (χ2n) is 4.31. The largest absolute Gasteiger partial charge is 0.484 e. The molecule has 21 heavy (non-hydrogen) atoms. The molecule has 0 saturated carbocycles. The van der Waals surface area contributed by atoms with Crippen LogP contribution in [0.5, 0.6) is 5.75 Å². The molecule has 0 spiro atoms. The summed E-state index contributed by atoms with van der Waals surface area (Å²) in [5, 5.41) is 21.7. The lowest BCUT2D eigenvalue weighted by Gasteiger charge is -2.15. The number of carbonyl (C=O) groups excluding carboxylic acids is 1. The number of nitro groups is 1. The summed E-state index contributed by atoms with van der Waals surface area (Å²) in [7, 11) is 0. The Kier molecular flexibility index (Phi) is 6.12. The third-order valence-electron chi connectivity index (χ3n) is 2.70. The molecular weight excluding hydrogens is 280 g/mol. The van der Waals surface area contributed by atoms with E-state index in [4.69, 9.17) is 9.84 Å². The molecule has 1 amide bonds. The van der Waals surface area contributed by atoms with E-state index < -0.39 is 22.8 Å². The van der Waals surface area contributed by atoms with Crippen molar-refractivity contribution in [3.05, 3.63) is 34.4 Å². The number of hydrogen-bond donors (Lipinski definition) is 2. The maximum Gasteiger partial charge on any atom is 0.305 e. The van der Waals surface area contributed by atoms with Gasteiger partial charge in [0.2, 0.25) is 0 Å². The third kappa shape index (κ3) is 5.89. The molecule has 1 aromatic carbocycles. The van der Waals surface area contributed by atoms with Gasteiger partial charge in [-0.15, -0.1) is 0 Å². The van der Waals surface area contributed by atoms with Crippen molar-refractivity contribution in [2.75, 3.05) is 6.61 Å². The number of benzene rings is 1. The number of carboxylic acids is 1. The zero-order valence-electron chi connectivity index (χ0n) is 11.4. The van der Waals surface area contributed by atoms with Crippen molar-refractivity contribution in [3.8, 4) is 5.75 Å². The molecular formula is C13H16N2O6. The highest BCUT2D eigenvalue weighted by Gasteiger charge is 2.14. The summed E-state index contributed by atoms with van der Waals surface area (Å²) in [6.07, 6.45) is 0.343. The molecule has 0 radical (unpaired) electrons. The Hall–Kier alpha value is -2.64. The van der Waals surface area contributed by atoms with E-state index in [-0.39, 0.29) is 18.7 Å². The summed E-state index contributed by atoms with van der Waals surface area (Å²) in [5.41, 5.74) is -0.0701. The highest BCUT2D eigenvalue weighted by atomic mass is 16.6. The van der Waals surface area contributed by atoms with E-state index in [2.05, 4.69) is 5.32 Å². The lowest BCUT2D eigenvalue weighted by molar-refractivity contribution is -0.384. The van der Waals surface area contributed by atoms with Crippen molar-refractivity contribution in [1.82, 2.24) is 5.32 Å². The van der Waals surface area contributed by atoms with Gasteiger partial charge in [0.15, 0.2) is 6.61 Å². The van der Waals surface area contributed by atoms with Crippen LogP contribution in [0.15, 0.2) is 24.3 Å². The first kappa shape index (κ1) is 16.4. The number of hydrogen-bond acceptors (Lipinski definition) is 5. The van der Waals surface area contributed by atoms with Crippen LogP contribution in [-0.2, 0) is 9.59 Å². The molecule has 1 atom stereocenters. The average Bonchev–Trinajstić information content (AvgIpc) is 2.44. The quantitative estimate of drug-likeness (QED) is 0.552. The Labute approximate surface area is 120 Å². The summed E-state index contributed by atoms with van der Waals surface area (Å²) >= 11 is 0. The molecule has 1 unspecified atom stereocenters. The fourth-order valence-electron chi connectivity index (χ4n) is 1.59. The molecule has 1 aromatic rings. The molecule has 0 aliphatic rings. The number of carboxylic acid groups (broad SMARTS) is 1. The van der Waals surface area contributed by atoms with Crippen LogP contribution in [0.4, 0.5) is 5.69 Å². The van der Waals surface area contributed by atoms with Gasteiger partial charge in [-0.2, -0.15) is 0 Å².